The minimum Gasteiger partial charge on any atom is -0.353 e. The lowest BCUT2D eigenvalue weighted by Gasteiger charge is -2.42. The predicted octanol–water partition coefficient (Wildman–Crippen LogP) is 4.62. The van der Waals surface area contributed by atoms with E-state index in [2.05, 4.69) is 18.8 Å². The fourth-order valence-corrected chi connectivity index (χ4v) is 3.02. The number of hydrogen-bond donors (Lipinski definition) is 0. The minimum absolute atomic E-state index is 0.118. The zero-order chi connectivity index (χ0) is 15.1. The Balaban J connectivity index is 2.39. The molecule has 0 aliphatic carbocycles. The molecule has 0 N–H and O–H groups in total. The second kappa shape index (κ2) is 5.43. The Bertz CT molecular complexity index is 490. The van der Waals surface area contributed by atoms with Gasteiger partial charge in [-0.25, -0.2) is 4.98 Å². The maximum atomic E-state index is 12.9. The molecule has 0 aromatic carbocycles. The normalized spacial score (nSPS) is 27.8. The maximum Gasteiger partial charge on any atom is 0.416 e. The second-order valence-corrected chi connectivity index (χ2v) is 6.13. The molecule has 1 aliphatic heterocycles. The van der Waals surface area contributed by atoms with Crippen LogP contribution in [0.3, 0.4) is 0 Å². The number of halogens is 4. The molecule has 112 valence electrons. The third-order valence-electron chi connectivity index (χ3n) is 4.00. The van der Waals surface area contributed by atoms with E-state index in [1.54, 1.807) is 0 Å². The van der Waals surface area contributed by atoms with Gasteiger partial charge in [0.1, 0.15) is 11.0 Å². The van der Waals surface area contributed by atoms with Crippen molar-refractivity contribution in [1.29, 1.82) is 0 Å². The molecule has 1 saturated heterocycles. The molecule has 0 saturated carbocycles. The lowest BCUT2D eigenvalue weighted by atomic mass is 9.86. The zero-order valence-electron chi connectivity index (χ0n) is 11.7. The topological polar surface area (TPSA) is 16.1 Å². The van der Waals surface area contributed by atoms with E-state index in [0.29, 0.717) is 24.2 Å². The molecule has 1 aliphatic rings. The lowest BCUT2D eigenvalue weighted by Crippen LogP contribution is -2.46. The van der Waals surface area contributed by atoms with E-state index >= 15 is 0 Å². The second-order valence-electron chi connectivity index (χ2n) is 5.75. The van der Waals surface area contributed by atoms with Gasteiger partial charge in [0.15, 0.2) is 0 Å². The number of nitrogens with zero attached hydrogens (tertiary/aromatic N) is 2. The van der Waals surface area contributed by atoms with Crippen LogP contribution in [-0.2, 0) is 6.18 Å². The Morgan fingerprint density at radius 1 is 1.25 bits per heavy atom. The molecule has 3 unspecified atom stereocenters. The number of pyridine rings is 1. The van der Waals surface area contributed by atoms with Crippen molar-refractivity contribution in [2.45, 2.75) is 39.4 Å². The fraction of sp³-hybridized carbons (Fsp3) is 0.643. The molecule has 2 heterocycles. The van der Waals surface area contributed by atoms with E-state index < -0.39 is 11.7 Å². The highest BCUT2D eigenvalue weighted by molar-refractivity contribution is 6.29. The van der Waals surface area contributed by atoms with E-state index in [9.17, 15) is 13.2 Å². The van der Waals surface area contributed by atoms with Crippen LogP contribution in [-0.4, -0.2) is 17.6 Å². The van der Waals surface area contributed by atoms with Crippen molar-refractivity contribution in [3.05, 3.63) is 22.8 Å². The molecule has 2 rings (SSSR count). The first kappa shape index (κ1) is 15.4. The molecule has 1 fully saturated rings. The van der Waals surface area contributed by atoms with Gasteiger partial charge in [-0.1, -0.05) is 25.4 Å². The molecule has 0 spiro atoms. The average Bonchev–Trinajstić information content (AvgIpc) is 2.32. The summed E-state index contributed by atoms with van der Waals surface area (Å²) in [6, 6.07) is 2.11. The van der Waals surface area contributed by atoms with Gasteiger partial charge in [-0.15, -0.1) is 0 Å². The van der Waals surface area contributed by atoms with Crippen molar-refractivity contribution < 1.29 is 13.2 Å². The van der Waals surface area contributed by atoms with Crippen molar-refractivity contribution >= 4 is 17.4 Å². The van der Waals surface area contributed by atoms with Crippen molar-refractivity contribution in [3.8, 4) is 0 Å². The quantitative estimate of drug-likeness (QED) is 0.704. The Morgan fingerprint density at radius 2 is 1.90 bits per heavy atom. The largest absolute Gasteiger partial charge is 0.416 e. The summed E-state index contributed by atoms with van der Waals surface area (Å²) in [7, 11) is 0. The van der Waals surface area contributed by atoms with Gasteiger partial charge in [-0.05, 0) is 37.3 Å². The fourth-order valence-electron chi connectivity index (χ4n) is 2.81. The van der Waals surface area contributed by atoms with Crippen molar-refractivity contribution in [3.63, 3.8) is 0 Å². The summed E-state index contributed by atoms with van der Waals surface area (Å²) in [6.07, 6.45) is -3.33. The minimum atomic E-state index is -4.41. The van der Waals surface area contributed by atoms with Crippen LogP contribution < -0.4 is 4.90 Å². The summed E-state index contributed by atoms with van der Waals surface area (Å²) in [6.45, 7) is 6.94. The SMILES string of the molecule is CC1CC(C)C(C)N(c2cc(C(F)(F)F)cc(Cl)n2)C1. The Labute approximate surface area is 121 Å². The summed E-state index contributed by atoms with van der Waals surface area (Å²) in [5, 5.41) is -0.118. The first-order valence-electron chi connectivity index (χ1n) is 6.70. The van der Waals surface area contributed by atoms with Crippen LogP contribution >= 0.6 is 11.6 Å². The number of alkyl halides is 3. The molecule has 0 radical (unpaired) electrons. The molecule has 1 aromatic rings. The molecule has 6 heteroatoms. The van der Waals surface area contributed by atoms with Crippen LogP contribution in [0.4, 0.5) is 19.0 Å². The van der Waals surface area contributed by atoms with Gasteiger partial charge >= 0.3 is 6.18 Å². The smallest absolute Gasteiger partial charge is 0.353 e. The zero-order valence-corrected chi connectivity index (χ0v) is 12.5. The van der Waals surface area contributed by atoms with E-state index in [4.69, 9.17) is 11.6 Å². The summed E-state index contributed by atoms with van der Waals surface area (Å²) >= 11 is 5.76. The molecule has 2 nitrogen and oxygen atoms in total. The van der Waals surface area contributed by atoms with E-state index in [0.717, 1.165) is 18.6 Å². The van der Waals surface area contributed by atoms with E-state index in [1.807, 2.05) is 11.8 Å². The molecule has 3 atom stereocenters. The summed E-state index contributed by atoms with van der Waals surface area (Å²) < 4.78 is 38.6. The summed E-state index contributed by atoms with van der Waals surface area (Å²) in [5.74, 6) is 1.15. The predicted molar refractivity (Wildman–Crippen MR) is 74.0 cm³/mol. The Hall–Kier alpha value is -0.970. The molecule has 0 bridgehead atoms. The highest BCUT2D eigenvalue weighted by Gasteiger charge is 2.34. The average molecular weight is 307 g/mol. The molecular formula is C14H18ClF3N2. The number of aromatic nitrogens is 1. The van der Waals surface area contributed by atoms with Crippen LogP contribution in [0.25, 0.3) is 0 Å². The maximum absolute atomic E-state index is 12.9. The Kier molecular flexibility index (Phi) is 4.19. The molecule has 1 aromatic heterocycles. The van der Waals surface area contributed by atoms with Gasteiger partial charge in [0, 0.05) is 12.6 Å². The highest BCUT2D eigenvalue weighted by atomic mass is 35.5. The van der Waals surface area contributed by atoms with Gasteiger partial charge in [0.25, 0.3) is 0 Å². The molecular weight excluding hydrogens is 289 g/mol. The van der Waals surface area contributed by atoms with Crippen LogP contribution in [0, 0.1) is 11.8 Å². The van der Waals surface area contributed by atoms with Crippen LogP contribution in [0.2, 0.25) is 5.15 Å². The van der Waals surface area contributed by atoms with Crippen molar-refractivity contribution in [1.82, 2.24) is 4.98 Å². The van der Waals surface area contributed by atoms with Gasteiger partial charge in [0.05, 0.1) is 5.56 Å². The third kappa shape index (κ3) is 3.19. The Morgan fingerprint density at radius 3 is 2.50 bits per heavy atom. The van der Waals surface area contributed by atoms with Crippen molar-refractivity contribution in [2.75, 3.05) is 11.4 Å². The summed E-state index contributed by atoms with van der Waals surface area (Å²) in [5.41, 5.74) is -0.745. The lowest BCUT2D eigenvalue weighted by molar-refractivity contribution is -0.137. The van der Waals surface area contributed by atoms with Gasteiger partial charge in [-0.3, -0.25) is 0 Å². The van der Waals surface area contributed by atoms with Gasteiger partial charge < -0.3 is 4.90 Å². The number of anilines is 1. The number of piperidine rings is 1. The highest BCUT2D eigenvalue weighted by Crippen LogP contribution is 2.36. The van der Waals surface area contributed by atoms with Crippen LogP contribution in [0.15, 0.2) is 12.1 Å². The third-order valence-corrected chi connectivity index (χ3v) is 4.19. The number of hydrogen-bond acceptors (Lipinski definition) is 2. The molecule has 0 amide bonds. The van der Waals surface area contributed by atoms with Gasteiger partial charge in [0.2, 0.25) is 0 Å². The van der Waals surface area contributed by atoms with Crippen molar-refractivity contribution in [2.24, 2.45) is 11.8 Å². The van der Waals surface area contributed by atoms with Crippen LogP contribution in [0.1, 0.15) is 32.8 Å². The number of rotatable bonds is 1. The molecule has 20 heavy (non-hydrogen) atoms. The van der Waals surface area contributed by atoms with E-state index in [1.165, 1.54) is 0 Å². The first-order valence-corrected chi connectivity index (χ1v) is 7.07. The van der Waals surface area contributed by atoms with Crippen LogP contribution in [0.5, 0.6) is 0 Å². The first-order chi connectivity index (χ1) is 9.18. The standard InChI is InChI=1S/C14H18ClF3N2/c1-8-4-9(2)10(3)20(7-8)13-6-11(14(16,17)18)5-12(15)19-13/h5-6,8-10H,4,7H2,1-3H3. The monoisotopic (exact) mass is 306 g/mol. The summed E-state index contributed by atoms with van der Waals surface area (Å²) in [4.78, 5) is 6.01. The van der Waals surface area contributed by atoms with E-state index in [-0.39, 0.29) is 11.2 Å². The van der Waals surface area contributed by atoms with Gasteiger partial charge in [-0.2, -0.15) is 13.2 Å².